The fraction of sp³-hybridized carbons (Fsp3) is 0.800. The van der Waals surface area contributed by atoms with Crippen LogP contribution in [0.15, 0.2) is 9.98 Å². The van der Waals surface area contributed by atoms with E-state index < -0.39 is 35.6 Å². The van der Waals surface area contributed by atoms with E-state index in [1.54, 1.807) is 11.8 Å². The Hall–Kier alpha value is -1.58. The van der Waals surface area contributed by atoms with Crippen molar-refractivity contribution in [2.24, 2.45) is 21.5 Å². The van der Waals surface area contributed by atoms with Gasteiger partial charge in [0.25, 0.3) is 0 Å². The zero-order valence-corrected chi connectivity index (χ0v) is 10.3. The van der Waals surface area contributed by atoms with E-state index in [0.717, 1.165) is 0 Å². The zero-order chi connectivity index (χ0) is 13.7. The van der Waals surface area contributed by atoms with Gasteiger partial charge in [-0.15, -0.1) is 0 Å². The normalized spacial score (nSPS) is 53.7. The average molecular weight is 268 g/mol. The van der Waals surface area contributed by atoms with E-state index in [9.17, 15) is 15.3 Å². The summed E-state index contributed by atoms with van der Waals surface area (Å²) in [5, 5.41) is 30.5. The quantitative estimate of drug-likeness (QED) is 0.306. The molecule has 4 aliphatic rings. The maximum atomic E-state index is 10.8. The van der Waals surface area contributed by atoms with Gasteiger partial charge in [-0.05, 0) is 6.92 Å². The van der Waals surface area contributed by atoms with Gasteiger partial charge in [0.15, 0.2) is 17.6 Å². The van der Waals surface area contributed by atoms with Gasteiger partial charge in [-0.3, -0.25) is 4.90 Å². The number of aliphatic hydroxyl groups excluding tert-OH is 2. The highest BCUT2D eigenvalue weighted by molar-refractivity contribution is 5.93. The molecule has 104 valence electrons. The number of nitrogens with two attached hydrogens (primary N) is 2. The lowest BCUT2D eigenvalue weighted by atomic mass is 9.95. The first kappa shape index (κ1) is 11.3. The Morgan fingerprint density at radius 2 is 2.00 bits per heavy atom. The van der Waals surface area contributed by atoms with E-state index in [1.165, 1.54) is 4.90 Å². The number of guanidine groups is 2. The van der Waals surface area contributed by atoms with Crippen LogP contribution in [-0.4, -0.2) is 79.3 Å². The van der Waals surface area contributed by atoms with Crippen LogP contribution in [0.3, 0.4) is 0 Å². The predicted molar refractivity (Wildman–Crippen MR) is 64.7 cm³/mol. The van der Waals surface area contributed by atoms with Gasteiger partial charge >= 0.3 is 0 Å². The van der Waals surface area contributed by atoms with Crippen LogP contribution in [0.2, 0.25) is 0 Å². The summed E-state index contributed by atoms with van der Waals surface area (Å²) < 4.78 is 0. The van der Waals surface area contributed by atoms with E-state index in [-0.39, 0.29) is 18.5 Å². The molecule has 0 aliphatic carbocycles. The molecule has 7 N–H and O–H groups in total. The molecule has 0 aromatic rings. The molecule has 4 aliphatic heterocycles. The van der Waals surface area contributed by atoms with Gasteiger partial charge in [0.1, 0.15) is 18.2 Å². The number of aliphatic hydroxyl groups is 3. The van der Waals surface area contributed by atoms with Crippen molar-refractivity contribution in [3.8, 4) is 0 Å². The number of nitrogens with zero attached hydrogens (tertiary/aromatic N) is 4. The summed E-state index contributed by atoms with van der Waals surface area (Å²) in [7, 11) is 0. The summed E-state index contributed by atoms with van der Waals surface area (Å²) in [6.45, 7) is 1.51. The van der Waals surface area contributed by atoms with Crippen LogP contribution in [0, 0.1) is 0 Å². The van der Waals surface area contributed by atoms with Gasteiger partial charge in [0, 0.05) is 0 Å². The number of rotatable bonds is 1. The fourth-order valence-corrected chi connectivity index (χ4v) is 4.11. The lowest BCUT2D eigenvalue weighted by Crippen LogP contribution is -2.62. The monoisotopic (exact) mass is 268 g/mol. The Balaban J connectivity index is 1.94. The van der Waals surface area contributed by atoms with Crippen molar-refractivity contribution >= 4 is 11.9 Å². The Bertz CT molecular complexity index is 537. The number of fused-ring (bicyclic) bond motifs is 1. The van der Waals surface area contributed by atoms with Crippen LogP contribution in [0.5, 0.6) is 0 Å². The summed E-state index contributed by atoms with van der Waals surface area (Å²) in [4.78, 5) is 11.6. The van der Waals surface area contributed by atoms with Crippen LogP contribution in [0.4, 0.5) is 0 Å². The van der Waals surface area contributed by atoms with Gasteiger partial charge in [-0.1, -0.05) is 0 Å². The molecule has 6 atom stereocenters. The molecule has 0 aromatic heterocycles. The first-order chi connectivity index (χ1) is 8.92. The van der Waals surface area contributed by atoms with Crippen molar-refractivity contribution in [2.45, 2.75) is 42.5 Å². The van der Waals surface area contributed by atoms with E-state index >= 15 is 0 Å². The molecular formula is C10H16N6O3. The highest BCUT2D eigenvalue weighted by Crippen LogP contribution is 2.66. The molecule has 0 amide bonds. The molecule has 0 radical (unpaired) electrons. The van der Waals surface area contributed by atoms with Crippen molar-refractivity contribution in [3.63, 3.8) is 0 Å². The molecule has 9 nitrogen and oxygen atoms in total. The van der Waals surface area contributed by atoms with Crippen LogP contribution < -0.4 is 11.5 Å². The molecule has 9 heteroatoms. The van der Waals surface area contributed by atoms with Gasteiger partial charge in [0.05, 0.1) is 12.6 Å². The highest BCUT2D eigenvalue weighted by Gasteiger charge is 2.94. The summed E-state index contributed by atoms with van der Waals surface area (Å²) >= 11 is 0. The van der Waals surface area contributed by atoms with Crippen molar-refractivity contribution in [3.05, 3.63) is 0 Å². The third kappa shape index (κ3) is 0.798. The summed E-state index contributed by atoms with van der Waals surface area (Å²) in [6, 6.07) is -1.49. The Labute approximate surface area is 108 Å². The van der Waals surface area contributed by atoms with Crippen LogP contribution >= 0.6 is 0 Å². The van der Waals surface area contributed by atoms with E-state index in [2.05, 4.69) is 9.98 Å². The lowest BCUT2D eigenvalue weighted by molar-refractivity contribution is -0.0305. The van der Waals surface area contributed by atoms with Crippen LogP contribution in [0.25, 0.3) is 0 Å². The molecule has 0 saturated carbocycles. The first-order valence-corrected chi connectivity index (χ1v) is 6.19. The van der Waals surface area contributed by atoms with Crippen LogP contribution in [0.1, 0.15) is 6.92 Å². The third-order valence-corrected chi connectivity index (χ3v) is 4.83. The molecule has 2 fully saturated rings. The number of aliphatic imine (C=N–C) groups is 2. The number of hydrogen-bond donors (Lipinski definition) is 5. The molecule has 4 heterocycles. The van der Waals surface area contributed by atoms with Crippen molar-refractivity contribution in [1.29, 1.82) is 0 Å². The van der Waals surface area contributed by atoms with Gasteiger partial charge in [-0.2, -0.15) is 0 Å². The summed E-state index contributed by atoms with van der Waals surface area (Å²) in [6.07, 6.45) is -1.03. The molecule has 19 heavy (non-hydrogen) atoms. The Kier molecular flexibility index (Phi) is 1.65. The molecule has 0 aromatic carbocycles. The fourth-order valence-electron chi connectivity index (χ4n) is 4.11. The largest absolute Gasteiger partial charge is 0.394 e. The molecule has 2 saturated heterocycles. The van der Waals surface area contributed by atoms with Gasteiger partial charge in [-0.25, -0.2) is 9.98 Å². The molecule has 0 bridgehead atoms. The van der Waals surface area contributed by atoms with E-state index in [4.69, 9.17) is 11.5 Å². The molecule has 1 spiro atoms. The SMILES string of the molecule is CC1C(O)C2(O)N3C(N)=NC4C(CO)N=C(N)N1C432. The zero-order valence-electron chi connectivity index (χ0n) is 10.3. The van der Waals surface area contributed by atoms with Gasteiger partial charge in [0.2, 0.25) is 5.72 Å². The average Bonchev–Trinajstić information content (AvgIpc) is 2.66. The maximum absolute atomic E-state index is 10.8. The molecule has 4 rings (SSSR count). The maximum Gasteiger partial charge on any atom is 0.216 e. The lowest BCUT2D eigenvalue weighted by Gasteiger charge is -2.39. The topological polar surface area (TPSA) is 144 Å². The minimum absolute atomic E-state index is 0.145. The summed E-state index contributed by atoms with van der Waals surface area (Å²) in [5.74, 6) is 0.331. The Morgan fingerprint density at radius 3 is 2.63 bits per heavy atom. The van der Waals surface area contributed by atoms with Crippen LogP contribution in [-0.2, 0) is 0 Å². The van der Waals surface area contributed by atoms with Crippen molar-refractivity contribution in [1.82, 2.24) is 9.80 Å². The second kappa shape index (κ2) is 2.79. The van der Waals surface area contributed by atoms with E-state index in [0.29, 0.717) is 0 Å². The Morgan fingerprint density at radius 1 is 1.32 bits per heavy atom. The predicted octanol–water partition coefficient (Wildman–Crippen LogP) is -3.86. The second-order valence-electron chi connectivity index (χ2n) is 5.51. The second-order valence-corrected chi connectivity index (χ2v) is 5.51. The standard InChI is InChI=1S/C10H16N6O3/c1-3-6(18)10(19)9-5(14-8(12)16(9)10)4(2-17)13-7(11)15(3)9/h3-6,17-19H,2H2,1H3,(H2,11,13)(H2,12,14). The third-order valence-electron chi connectivity index (χ3n) is 4.83. The summed E-state index contributed by atoms with van der Waals surface area (Å²) in [5.41, 5.74) is 9.26. The highest BCUT2D eigenvalue weighted by atomic mass is 16.4. The minimum Gasteiger partial charge on any atom is -0.394 e. The minimum atomic E-state index is -1.50. The van der Waals surface area contributed by atoms with E-state index in [1.807, 2.05) is 0 Å². The van der Waals surface area contributed by atoms with Crippen molar-refractivity contribution < 1.29 is 15.3 Å². The van der Waals surface area contributed by atoms with Crippen molar-refractivity contribution in [2.75, 3.05) is 6.61 Å². The molecular weight excluding hydrogens is 252 g/mol. The first-order valence-electron chi connectivity index (χ1n) is 6.19. The number of hydrogen-bond acceptors (Lipinski definition) is 9. The molecule has 6 unspecified atom stereocenters. The smallest absolute Gasteiger partial charge is 0.216 e. The van der Waals surface area contributed by atoms with Gasteiger partial charge < -0.3 is 31.7 Å².